The maximum absolute atomic E-state index is 4.94. The van der Waals surface area contributed by atoms with Gasteiger partial charge in [0.1, 0.15) is 0 Å². The molecule has 0 aromatic heterocycles. The lowest BCUT2D eigenvalue weighted by Crippen LogP contribution is -2.34. The van der Waals surface area contributed by atoms with Crippen molar-refractivity contribution in [1.29, 1.82) is 0 Å². The van der Waals surface area contributed by atoms with Crippen molar-refractivity contribution < 1.29 is 0 Å². The van der Waals surface area contributed by atoms with E-state index < -0.39 is 0 Å². The summed E-state index contributed by atoms with van der Waals surface area (Å²) in [6.45, 7) is 5.03. The van der Waals surface area contributed by atoms with Gasteiger partial charge in [0, 0.05) is 24.7 Å². The Balaban J connectivity index is 2.44. The molecule has 0 amide bonds. The summed E-state index contributed by atoms with van der Waals surface area (Å²) >= 11 is 4.94. The van der Waals surface area contributed by atoms with Gasteiger partial charge >= 0.3 is 0 Å². The lowest BCUT2D eigenvalue weighted by atomic mass is 10.1. The molecule has 1 atom stereocenters. The molecule has 0 saturated heterocycles. The van der Waals surface area contributed by atoms with Crippen LogP contribution in [0, 0.1) is 0 Å². The monoisotopic (exact) mass is 170 g/mol. The Kier molecular flexibility index (Phi) is 3.02. The molecule has 62 valence electrons. The molecule has 0 aromatic carbocycles. The molecule has 1 rings (SSSR count). The van der Waals surface area contributed by atoms with Crippen molar-refractivity contribution in [2.75, 3.05) is 6.54 Å². The molecule has 1 aliphatic rings. The van der Waals surface area contributed by atoms with Crippen LogP contribution in [-0.4, -0.2) is 17.6 Å². The Bertz CT molecular complexity index is 187. The SMILES string of the molecule is CC(=S)NC1=CCNC(C)C1. The topological polar surface area (TPSA) is 24.1 Å². The van der Waals surface area contributed by atoms with Gasteiger partial charge in [0.2, 0.25) is 0 Å². The van der Waals surface area contributed by atoms with Crippen LogP contribution in [0.15, 0.2) is 11.8 Å². The second kappa shape index (κ2) is 3.83. The minimum atomic E-state index is 0.567. The fourth-order valence-electron chi connectivity index (χ4n) is 1.20. The van der Waals surface area contributed by atoms with Crippen LogP contribution < -0.4 is 10.6 Å². The number of thiocarbonyl (C=S) groups is 1. The van der Waals surface area contributed by atoms with E-state index in [1.165, 1.54) is 5.70 Å². The lowest BCUT2D eigenvalue weighted by Gasteiger charge is -2.21. The summed E-state index contributed by atoms with van der Waals surface area (Å²) < 4.78 is 0. The molecule has 0 bridgehead atoms. The van der Waals surface area contributed by atoms with Crippen LogP contribution in [0.2, 0.25) is 0 Å². The van der Waals surface area contributed by atoms with E-state index in [1.54, 1.807) is 0 Å². The Hall–Kier alpha value is -0.410. The molecule has 2 N–H and O–H groups in total. The second-order valence-electron chi connectivity index (χ2n) is 2.92. The van der Waals surface area contributed by atoms with Gasteiger partial charge < -0.3 is 10.6 Å². The van der Waals surface area contributed by atoms with E-state index in [0.29, 0.717) is 6.04 Å². The molecule has 1 heterocycles. The first kappa shape index (κ1) is 8.68. The summed E-state index contributed by atoms with van der Waals surface area (Å²) in [4.78, 5) is 0.852. The second-order valence-corrected chi connectivity index (χ2v) is 3.54. The fraction of sp³-hybridized carbons (Fsp3) is 0.625. The Morgan fingerprint density at radius 3 is 3.09 bits per heavy atom. The van der Waals surface area contributed by atoms with E-state index in [-0.39, 0.29) is 0 Å². The molecular weight excluding hydrogens is 156 g/mol. The average Bonchev–Trinajstić information content (AvgIpc) is 1.85. The van der Waals surface area contributed by atoms with E-state index in [2.05, 4.69) is 23.6 Å². The van der Waals surface area contributed by atoms with Gasteiger partial charge in [-0.25, -0.2) is 0 Å². The van der Waals surface area contributed by atoms with Crippen molar-refractivity contribution in [2.45, 2.75) is 26.3 Å². The van der Waals surface area contributed by atoms with Crippen molar-refractivity contribution in [3.63, 3.8) is 0 Å². The predicted molar refractivity (Wildman–Crippen MR) is 51.6 cm³/mol. The van der Waals surface area contributed by atoms with Gasteiger partial charge in [-0.3, -0.25) is 0 Å². The minimum absolute atomic E-state index is 0.567. The molecule has 11 heavy (non-hydrogen) atoms. The van der Waals surface area contributed by atoms with Crippen molar-refractivity contribution in [2.24, 2.45) is 0 Å². The Morgan fingerprint density at radius 2 is 2.55 bits per heavy atom. The third-order valence-corrected chi connectivity index (χ3v) is 1.78. The van der Waals surface area contributed by atoms with Gasteiger partial charge in [-0.15, -0.1) is 0 Å². The van der Waals surface area contributed by atoms with Crippen LogP contribution in [0.25, 0.3) is 0 Å². The van der Waals surface area contributed by atoms with E-state index in [9.17, 15) is 0 Å². The highest BCUT2D eigenvalue weighted by Crippen LogP contribution is 2.06. The van der Waals surface area contributed by atoms with Gasteiger partial charge in [0.15, 0.2) is 0 Å². The smallest absolute Gasteiger partial charge is 0.0763 e. The molecule has 0 aliphatic carbocycles. The zero-order chi connectivity index (χ0) is 8.27. The zero-order valence-corrected chi connectivity index (χ0v) is 7.79. The van der Waals surface area contributed by atoms with Gasteiger partial charge in [0.05, 0.1) is 4.99 Å². The lowest BCUT2D eigenvalue weighted by molar-refractivity contribution is 0.543. The first-order valence-electron chi connectivity index (χ1n) is 3.88. The van der Waals surface area contributed by atoms with Gasteiger partial charge in [-0.2, -0.15) is 0 Å². The maximum atomic E-state index is 4.94. The normalized spacial score (nSPS) is 24.2. The van der Waals surface area contributed by atoms with Crippen LogP contribution in [-0.2, 0) is 0 Å². The van der Waals surface area contributed by atoms with E-state index in [0.717, 1.165) is 18.0 Å². The quantitative estimate of drug-likeness (QED) is 0.578. The summed E-state index contributed by atoms with van der Waals surface area (Å²) in [5.74, 6) is 0. The largest absolute Gasteiger partial charge is 0.354 e. The molecule has 3 heteroatoms. The van der Waals surface area contributed by atoms with Crippen molar-refractivity contribution >= 4 is 17.2 Å². The predicted octanol–water partition coefficient (Wildman–Crippen LogP) is 1.19. The standard InChI is InChI=1S/C8H14N2S/c1-6-5-8(3-4-9-6)10-7(2)11/h3,6,9H,4-5H2,1-2H3,(H,10,11). The van der Waals surface area contributed by atoms with Crippen LogP contribution in [0.3, 0.4) is 0 Å². The number of rotatable bonds is 1. The van der Waals surface area contributed by atoms with Gasteiger partial charge in [0.25, 0.3) is 0 Å². The summed E-state index contributed by atoms with van der Waals surface area (Å²) in [5.41, 5.74) is 1.25. The van der Waals surface area contributed by atoms with E-state index in [1.807, 2.05) is 6.92 Å². The number of hydrogen-bond acceptors (Lipinski definition) is 2. The van der Waals surface area contributed by atoms with Crippen molar-refractivity contribution in [3.8, 4) is 0 Å². The zero-order valence-electron chi connectivity index (χ0n) is 6.98. The van der Waals surface area contributed by atoms with Crippen molar-refractivity contribution in [3.05, 3.63) is 11.8 Å². The highest BCUT2D eigenvalue weighted by atomic mass is 32.1. The molecule has 2 nitrogen and oxygen atoms in total. The molecule has 0 fully saturated rings. The molecular formula is C8H14N2S. The first-order chi connectivity index (χ1) is 5.18. The molecule has 1 unspecified atom stereocenters. The number of nitrogens with one attached hydrogen (secondary N) is 2. The van der Waals surface area contributed by atoms with Crippen LogP contribution >= 0.6 is 12.2 Å². The molecule has 0 spiro atoms. The summed E-state index contributed by atoms with van der Waals surface area (Å²) in [6, 6.07) is 0.567. The summed E-state index contributed by atoms with van der Waals surface area (Å²) in [5, 5.41) is 6.49. The van der Waals surface area contributed by atoms with Crippen LogP contribution in [0.1, 0.15) is 20.3 Å². The third kappa shape index (κ3) is 2.99. The van der Waals surface area contributed by atoms with Crippen LogP contribution in [0.4, 0.5) is 0 Å². The average molecular weight is 170 g/mol. The van der Waals surface area contributed by atoms with E-state index >= 15 is 0 Å². The summed E-state index contributed by atoms with van der Waals surface area (Å²) in [6.07, 6.45) is 3.20. The highest BCUT2D eigenvalue weighted by Gasteiger charge is 2.09. The molecule has 0 aromatic rings. The molecule has 0 radical (unpaired) electrons. The maximum Gasteiger partial charge on any atom is 0.0763 e. The van der Waals surface area contributed by atoms with Crippen LogP contribution in [0.5, 0.6) is 0 Å². The van der Waals surface area contributed by atoms with E-state index in [4.69, 9.17) is 12.2 Å². The molecule has 0 saturated carbocycles. The van der Waals surface area contributed by atoms with Gasteiger partial charge in [-0.1, -0.05) is 18.3 Å². The highest BCUT2D eigenvalue weighted by molar-refractivity contribution is 7.80. The fourth-order valence-corrected chi connectivity index (χ4v) is 1.33. The summed E-state index contributed by atoms with van der Waals surface area (Å²) in [7, 11) is 0. The number of hydrogen-bond donors (Lipinski definition) is 2. The van der Waals surface area contributed by atoms with Crippen molar-refractivity contribution in [1.82, 2.24) is 10.6 Å². The first-order valence-corrected chi connectivity index (χ1v) is 4.29. The Labute approximate surface area is 73.1 Å². The third-order valence-electron chi connectivity index (χ3n) is 1.68. The minimum Gasteiger partial charge on any atom is -0.354 e. The van der Waals surface area contributed by atoms with Gasteiger partial charge in [-0.05, 0) is 13.8 Å². The Morgan fingerprint density at radius 1 is 1.82 bits per heavy atom. The molecule has 1 aliphatic heterocycles.